The maximum absolute atomic E-state index is 12.3. The molecule has 0 aliphatic rings. The van der Waals surface area contributed by atoms with E-state index in [2.05, 4.69) is 4.98 Å². The summed E-state index contributed by atoms with van der Waals surface area (Å²) < 4.78 is 26.0. The van der Waals surface area contributed by atoms with E-state index in [9.17, 15) is 8.42 Å². The maximum Gasteiger partial charge on any atom is 0.243 e. The lowest BCUT2D eigenvalue weighted by atomic mass is 10.3. The Hall–Kier alpha value is -1.28. The van der Waals surface area contributed by atoms with Crippen LogP contribution in [0.4, 0.5) is 0 Å². The van der Waals surface area contributed by atoms with Gasteiger partial charge < -0.3 is 5.73 Å². The van der Waals surface area contributed by atoms with Crippen LogP contribution >= 0.6 is 11.3 Å². The summed E-state index contributed by atoms with van der Waals surface area (Å²) in [5.74, 6) is 0. The fourth-order valence-electron chi connectivity index (χ4n) is 1.62. The van der Waals surface area contributed by atoms with Gasteiger partial charge in [0.25, 0.3) is 0 Å². The largest absolute Gasteiger partial charge is 0.326 e. The molecule has 2 heterocycles. The molecule has 2 aromatic heterocycles. The molecule has 2 aromatic rings. The van der Waals surface area contributed by atoms with Gasteiger partial charge in [0, 0.05) is 42.8 Å². The lowest BCUT2D eigenvalue weighted by molar-refractivity contribution is 0.466. The van der Waals surface area contributed by atoms with Crippen molar-refractivity contribution in [2.75, 3.05) is 7.05 Å². The molecule has 2 N–H and O–H groups in total. The summed E-state index contributed by atoms with van der Waals surface area (Å²) in [6.45, 7) is 0.649. The van der Waals surface area contributed by atoms with Gasteiger partial charge in [-0.15, -0.1) is 11.3 Å². The average Bonchev–Trinajstić information content (AvgIpc) is 2.89. The minimum atomic E-state index is -3.47. The van der Waals surface area contributed by atoms with E-state index < -0.39 is 10.0 Å². The Bertz CT molecular complexity index is 638. The second-order valence-corrected chi connectivity index (χ2v) is 7.12. The highest BCUT2D eigenvalue weighted by molar-refractivity contribution is 7.89. The molecule has 0 unspecified atom stereocenters. The molecule has 5 nitrogen and oxygen atoms in total. The van der Waals surface area contributed by atoms with Crippen molar-refractivity contribution in [2.45, 2.75) is 18.0 Å². The van der Waals surface area contributed by atoms with Crippen LogP contribution in [0.5, 0.6) is 0 Å². The van der Waals surface area contributed by atoms with Gasteiger partial charge in [-0.05, 0) is 17.7 Å². The average molecular weight is 297 g/mol. The monoisotopic (exact) mass is 297 g/mol. The number of hydrogen-bond donors (Lipinski definition) is 1. The highest BCUT2D eigenvalue weighted by Crippen LogP contribution is 2.22. The van der Waals surface area contributed by atoms with Crippen LogP contribution < -0.4 is 5.73 Å². The Morgan fingerprint density at radius 1 is 1.47 bits per heavy atom. The highest BCUT2D eigenvalue weighted by atomic mass is 32.2. The number of sulfonamides is 1. The minimum absolute atomic E-state index is 0.296. The summed E-state index contributed by atoms with van der Waals surface area (Å²) in [6.07, 6.45) is 3.31. The Balaban J connectivity index is 2.19. The summed E-state index contributed by atoms with van der Waals surface area (Å²) in [5, 5.41) is 1.62. The first-order valence-electron chi connectivity index (χ1n) is 5.67. The molecule has 0 aliphatic carbocycles. The van der Waals surface area contributed by atoms with Crippen LogP contribution in [0.15, 0.2) is 40.9 Å². The van der Waals surface area contributed by atoms with Crippen molar-refractivity contribution in [3.63, 3.8) is 0 Å². The molecule has 0 radical (unpaired) electrons. The SMILES string of the molecule is CN(Cc1cccnc1)S(=O)(=O)c1csc(CN)c1. The van der Waals surface area contributed by atoms with Gasteiger partial charge in [0.1, 0.15) is 0 Å². The number of hydrogen-bond acceptors (Lipinski definition) is 5. The number of nitrogens with two attached hydrogens (primary N) is 1. The first kappa shape index (κ1) is 14.1. The van der Waals surface area contributed by atoms with E-state index in [0.29, 0.717) is 18.0 Å². The predicted octanol–water partition coefficient (Wildman–Crippen LogP) is 1.42. The summed E-state index contributed by atoms with van der Waals surface area (Å²) in [4.78, 5) is 5.12. The molecule has 7 heteroatoms. The molecule has 0 atom stereocenters. The number of nitrogens with zero attached hydrogens (tertiary/aromatic N) is 2. The first-order chi connectivity index (χ1) is 9.04. The third-order valence-corrected chi connectivity index (χ3v) is 5.56. The summed E-state index contributed by atoms with van der Waals surface area (Å²) in [6, 6.07) is 5.25. The van der Waals surface area contributed by atoms with Gasteiger partial charge in [-0.1, -0.05) is 6.07 Å². The van der Waals surface area contributed by atoms with Gasteiger partial charge in [0.2, 0.25) is 10.0 Å². The van der Waals surface area contributed by atoms with E-state index >= 15 is 0 Å². The second kappa shape index (κ2) is 5.79. The third kappa shape index (κ3) is 3.19. The Labute approximate surface area is 116 Å². The van der Waals surface area contributed by atoms with Crippen LogP contribution in [0.25, 0.3) is 0 Å². The molecule has 2 rings (SSSR count). The summed E-state index contributed by atoms with van der Waals surface area (Å²) in [7, 11) is -1.91. The topological polar surface area (TPSA) is 76.3 Å². The van der Waals surface area contributed by atoms with Crippen molar-refractivity contribution in [1.29, 1.82) is 0 Å². The molecule has 0 saturated heterocycles. The van der Waals surface area contributed by atoms with Crippen LogP contribution in [0.2, 0.25) is 0 Å². The molecule has 102 valence electrons. The third-order valence-electron chi connectivity index (χ3n) is 2.67. The summed E-state index contributed by atoms with van der Waals surface area (Å²) >= 11 is 1.36. The highest BCUT2D eigenvalue weighted by Gasteiger charge is 2.22. The zero-order valence-electron chi connectivity index (χ0n) is 10.5. The van der Waals surface area contributed by atoms with Gasteiger partial charge in [0.05, 0.1) is 4.90 Å². The van der Waals surface area contributed by atoms with Crippen molar-refractivity contribution in [2.24, 2.45) is 5.73 Å². The maximum atomic E-state index is 12.3. The molecule has 0 bridgehead atoms. The van der Waals surface area contributed by atoms with Crippen LogP contribution in [0.3, 0.4) is 0 Å². The van der Waals surface area contributed by atoms with Crippen molar-refractivity contribution in [3.8, 4) is 0 Å². The van der Waals surface area contributed by atoms with E-state index in [0.717, 1.165) is 10.4 Å². The molecule has 0 spiro atoms. The smallest absolute Gasteiger partial charge is 0.243 e. The van der Waals surface area contributed by atoms with Crippen LogP contribution in [0.1, 0.15) is 10.4 Å². The van der Waals surface area contributed by atoms with Crippen molar-refractivity contribution >= 4 is 21.4 Å². The van der Waals surface area contributed by atoms with Crippen molar-refractivity contribution < 1.29 is 8.42 Å². The van der Waals surface area contributed by atoms with E-state index in [1.165, 1.54) is 15.6 Å². The number of aromatic nitrogens is 1. The quantitative estimate of drug-likeness (QED) is 0.905. The number of pyridine rings is 1. The molecule has 19 heavy (non-hydrogen) atoms. The molecule has 0 aromatic carbocycles. The fourth-order valence-corrected chi connectivity index (χ4v) is 3.92. The zero-order valence-corrected chi connectivity index (χ0v) is 12.1. The van der Waals surface area contributed by atoms with Gasteiger partial charge in [0.15, 0.2) is 0 Å². The lowest BCUT2D eigenvalue weighted by Gasteiger charge is -2.16. The van der Waals surface area contributed by atoms with Gasteiger partial charge in [-0.3, -0.25) is 4.98 Å². The Morgan fingerprint density at radius 3 is 2.84 bits per heavy atom. The molecule has 0 amide bonds. The van der Waals surface area contributed by atoms with Crippen LogP contribution in [-0.4, -0.2) is 24.8 Å². The molecule has 0 fully saturated rings. The molecular formula is C12H15N3O2S2. The predicted molar refractivity (Wildman–Crippen MR) is 75.1 cm³/mol. The summed E-state index contributed by atoms with van der Waals surface area (Å²) in [5.41, 5.74) is 6.35. The van der Waals surface area contributed by atoms with E-state index in [1.807, 2.05) is 6.07 Å². The van der Waals surface area contributed by atoms with E-state index in [4.69, 9.17) is 5.73 Å². The normalized spacial score (nSPS) is 11.9. The van der Waals surface area contributed by atoms with Gasteiger partial charge >= 0.3 is 0 Å². The van der Waals surface area contributed by atoms with E-state index in [-0.39, 0.29) is 0 Å². The molecule has 0 saturated carbocycles. The van der Waals surface area contributed by atoms with Gasteiger partial charge in [-0.25, -0.2) is 8.42 Å². The zero-order chi connectivity index (χ0) is 13.9. The lowest BCUT2D eigenvalue weighted by Crippen LogP contribution is -2.26. The Morgan fingerprint density at radius 2 is 2.26 bits per heavy atom. The van der Waals surface area contributed by atoms with E-state index in [1.54, 1.807) is 37.0 Å². The standard InChI is InChI=1S/C12H15N3O2S2/c1-15(8-10-3-2-4-14-7-10)19(16,17)12-5-11(6-13)18-9-12/h2-5,7,9H,6,8,13H2,1H3. The minimum Gasteiger partial charge on any atom is -0.326 e. The number of rotatable bonds is 5. The molecule has 0 aliphatic heterocycles. The van der Waals surface area contributed by atoms with Gasteiger partial charge in [-0.2, -0.15) is 4.31 Å². The molecular weight excluding hydrogens is 282 g/mol. The number of thiophene rings is 1. The first-order valence-corrected chi connectivity index (χ1v) is 7.98. The Kier molecular flexibility index (Phi) is 4.31. The second-order valence-electron chi connectivity index (χ2n) is 4.08. The van der Waals surface area contributed by atoms with Crippen molar-refractivity contribution in [1.82, 2.24) is 9.29 Å². The fraction of sp³-hybridized carbons (Fsp3) is 0.250. The van der Waals surface area contributed by atoms with Crippen LogP contribution in [0, 0.1) is 0 Å². The van der Waals surface area contributed by atoms with Crippen LogP contribution in [-0.2, 0) is 23.1 Å². The van der Waals surface area contributed by atoms with Crippen molar-refractivity contribution in [3.05, 3.63) is 46.4 Å².